The summed E-state index contributed by atoms with van der Waals surface area (Å²) < 4.78 is 27.4. The summed E-state index contributed by atoms with van der Waals surface area (Å²) in [6.07, 6.45) is 0. The standard InChI is InChI=1S/C14H23N3O3S/c1-6-17(5)14(18)11(4)16-21(19,20)13-10(3)8-7-9(2)12(13)15/h7-8,11,16H,6,15H2,1-5H3. The van der Waals surface area contributed by atoms with Gasteiger partial charge in [0.25, 0.3) is 0 Å². The number of nitrogens with one attached hydrogen (secondary N) is 1. The van der Waals surface area contributed by atoms with Gasteiger partial charge in [0.1, 0.15) is 4.90 Å². The van der Waals surface area contributed by atoms with Crippen LogP contribution in [-0.2, 0) is 14.8 Å². The summed E-state index contributed by atoms with van der Waals surface area (Å²) in [5.74, 6) is -0.287. The van der Waals surface area contributed by atoms with E-state index in [2.05, 4.69) is 4.72 Å². The lowest BCUT2D eigenvalue weighted by atomic mass is 10.1. The summed E-state index contributed by atoms with van der Waals surface area (Å²) in [6.45, 7) is 7.27. The van der Waals surface area contributed by atoms with Crippen LogP contribution < -0.4 is 10.5 Å². The molecule has 0 aliphatic carbocycles. The number of nitrogens with two attached hydrogens (primary N) is 1. The number of nitrogen functional groups attached to an aromatic ring is 1. The topological polar surface area (TPSA) is 92.5 Å². The van der Waals surface area contributed by atoms with Crippen molar-refractivity contribution in [1.82, 2.24) is 9.62 Å². The van der Waals surface area contributed by atoms with Gasteiger partial charge < -0.3 is 10.6 Å². The Labute approximate surface area is 126 Å². The van der Waals surface area contributed by atoms with E-state index in [9.17, 15) is 13.2 Å². The second-order valence-corrected chi connectivity index (χ2v) is 6.79. The minimum Gasteiger partial charge on any atom is -0.397 e. The highest BCUT2D eigenvalue weighted by Crippen LogP contribution is 2.25. The van der Waals surface area contributed by atoms with E-state index in [-0.39, 0.29) is 16.5 Å². The highest BCUT2D eigenvalue weighted by atomic mass is 32.2. The number of hydrogen-bond donors (Lipinski definition) is 2. The molecule has 0 bridgehead atoms. The van der Waals surface area contributed by atoms with Crippen LogP contribution in [0, 0.1) is 13.8 Å². The molecule has 1 atom stereocenters. The number of anilines is 1. The van der Waals surface area contributed by atoms with Gasteiger partial charge in [-0.1, -0.05) is 12.1 Å². The number of carbonyl (C=O) groups excluding carboxylic acids is 1. The van der Waals surface area contributed by atoms with E-state index in [1.807, 2.05) is 6.92 Å². The fourth-order valence-electron chi connectivity index (χ4n) is 1.99. The molecular formula is C14H23N3O3S. The first-order chi connectivity index (χ1) is 9.61. The number of nitrogens with zero attached hydrogens (tertiary/aromatic N) is 1. The lowest BCUT2D eigenvalue weighted by Crippen LogP contribution is -2.45. The number of amides is 1. The second kappa shape index (κ2) is 6.44. The Kier molecular flexibility index (Phi) is 5.36. The zero-order chi connectivity index (χ0) is 16.4. The molecule has 0 aliphatic rings. The first-order valence-corrected chi connectivity index (χ1v) is 8.23. The van der Waals surface area contributed by atoms with Crippen molar-refractivity contribution in [2.75, 3.05) is 19.3 Å². The van der Waals surface area contributed by atoms with E-state index in [0.29, 0.717) is 17.7 Å². The fourth-order valence-corrected chi connectivity index (χ4v) is 3.62. The fraction of sp³-hybridized carbons (Fsp3) is 0.500. The minimum absolute atomic E-state index is 0.0429. The number of sulfonamides is 1. The molecule has 6 nitrogen and oxygen atoms in total. The van der Waals surface area contributed by atoms with Crippen molar-refractivity contribution >= 4 is 21.6 Å². The van der Waals surface area contributed by atoms with Crippen molar-refractivity contribution in [3.63, 3.8) is 0 Å². The smallest absolute Gasteiger partial charge is 0.243 e. The number of rotatable bonds is 5. The molecule has 1 rings (SSSR count). The number of carbonyl (C=O) groups is 1. The molecule has 1 unspecified atom stereocenters. The zero-order valence-corrected chi connectivity index (χ0v) is 13.9. The average molecular weight is 313 g/mol. The molecule has 0 fully saturated rings. The third kappa shape index (κ3) is 3.74. The van der Waals surface area contributed by atoms with Crippen LogP contribution in [0.4, 0.5) is 5.69 Å². The predicted octanol–water partition coefficient (Wildman–Crippen LogP) is 1.03. The normalized spacial score (nSPS) is 13.0. The van der Waals surface area contributed by atoms with Crippen LogP contribution in [0.15, 0.2) is 17.0 Å². The quantitative estimate of drug-likeness (QED) is 0.794. The van der Waals surface area contributed by atoms with Gasteiger partial charge in [0.05, 0.1) is 11.7 Å². The van der Waals surface area contributed by atoms with Crippen molar-refractivity contribution in [3.05, 3.63) is 23.3 Å². The minimum atomic E-state index is -3.85. The van der Waals surface area contributed by atoms with Crippen LogP contribution >= 0.6 is 0 Å². The molecule has 1 aromatic carbocycles. The SMILES string of the molecule is CCN(C)C(=O)C(C)NS(=O)(=O)c1c(C)ccc(C)c1N. The third-order valence-electron chi connectivity index (χ3n) is 3.43. The maximum atomic E-state index is 12.5. The average Bonchev–Trinajstić information content (AvgIpc) is 2.40. The molecule has 118 valence electrons. The van der Waals surface area contributed by atoms with Crippen molar-refractivity contribution in [3.8, 4) is 0 Å². The van der Waals surface area contributed by atoms with Crippen molar-refractivity contribution in [2.45, 2.75) is 38.6 Å². The van der Waals surface area contributed by atoms with E-state index >= 15 is 0 Å². The van der Waals surface area contributed by atoms with Gasteiger partial charge in [-0.15, -0.1) is 0 Å². The van der Waals surface area contributed by atoms with E-state index in [1.165, 1.54) is 11.8 Å². The van der Waals surface area contributed by atoms with Crippen molar-refractivity contribution in [1.29, 1.82) is 0 Å². The van der Waals surface area contributed by atoms with E-state index in [0.717, 1.165) is 0 Å². The van der Waals surface area contributed by atoms with E-state index in [4.69, 9.17) is 5.73 Å². The number of hydrogen-bond acceptors (Lipinski definition) is 4. The Morgan fingerprint density at radius 1 is 1.33 bits per heavy atom. The molecule has 0 heterocycles. The van der Waals surface area contributed by atoms with Gasteiger partial charge in [-0.05, 0) is 38.8 Å². The molecule has 21 heavy (non-hydrogen) atoms. The first kappa shape index (κ1) is 17.5. The Bertz CT molecular complexity index is 641. The lowest BCUT2D eigenvalue weighted by molar-refractivity contribution is -0.131. The zero-order valence-electron chi connectivity index (χ0n) is 13.1. The monoisotopic (exact) mass is 313 g/mol. The van der Waals surface area contributed by atoms with Crippen LogP contribution in [0.3, 0.4) is 0 Å². The maximum absolute atomic E-state index is 12.5. The van der Waals surface area contributed by atoms with Crippen LogP contribution in [0.5, 0.6) is 0 Å². The number of aryl methyl sites for hydroxylation is 2. The van der Waals surface area contributed by atoms with Crippen LogP contribution in [0.1, 0.15) is 25.0 Å². The van der Waals surface area contributed by atoms with E-state index < -0.39 is 16.1 Å². The Morgan fingerprint density at radius 3 is 2.38 bits per heavy atom. The molecule has 0 aromatic heterocycles. The summed E-state index contributed by atoms with van der Waals surface area (Å²) in [7, 11) is -2.23. The first-order valence-electron chi connectivity index (χ1n) is 6.74. The van der Waals surface area contributed by atoms with Gasteiger partial charge in [0, 0.05) is 13.6 Å². The van der Waals surface area contributed by atoms with Gasteiger partial charge in [-0.3, -0.25) is 4.79 Å². The number of benzene rings is 1. The van der Waals surface area contributed by atoms with Crippen molar-refractivity contribution < 1.29 is 13.2 Å². The molecule has 0 aliphatic heterocycles. The molecule has 0 radical (unpaired) electrons. The second-order valence-electron chi connectivity index (χ2n) is 5.14. The Hall–Kier alpha value is -1.60. The Balaban J connectivity index is 3.14. The molecular weight excluding hydrogens is 290 g/mol. The van der Waals surface area contributed by atoms with E-state index in [1.54, 1.807) is 33.0 Å². The molecule has 0 saturated carbocycles. The maximum Gasteiger partial charge on any atom is 0.243 e. The summed E-state index contributed by atoms with van der Waals surface area (Å²) >= 11 is 0. The van der Waals surface area contributed by atoms with Gasteiger partial charge in [-0.2, -0.15) is 4.72 Å². The highest BCUT2D eigenvalue weighted by Gasteiger charge is 2.27. The molecule has 3 N–H and O–H groups in total. The lowest BCUT2D eigenvalue weighted by Gasteiger charge is -2.21. The molecule has 1 amide bonds. The molecule has 0 spiro atoms. The largest absolute Gasteiger partial charge is 0.397 e. The molecule has 0 saturated heterocycles. The highest BCUT2D eigenvalue weighted by molar-refractivity contribution is 7.89. The van der Waals surface area contributed by atoms with Gasteiger partial charge in [0.15, 0.2) is 0 Å². The van der Waals surface area contributed by atoms with Crippen molar-refractivity contribution in [2.24, 2.45) is 0 Å². The molecule has 7 heteroatoms. The third-order valence-corrected chi connectivity index (χ3v) is 5.18. The Morgan fingerprint density at radius 2 is 1.86 bits per heavy atom. The van der Waals surface area contributed by atoms with Gasteiger partial charge in [-0.25, -0.2) is 8.42 Å². The summed E-state index contributed by atoms with van der Waals surface area (Å²) in [5.41, 5.74) is 7.34. The molecule has 1 aromatic rings. The van der Waals surface area contributed by atoms with Gasteiger partial charge >= 0.3 is 0 Å². The van der Waals surface area contributed by atoms with Gasteiger partial charge in [0.2, 0.25) is 15.9 Å². The number of likely N-dealkylation sites (N-methyl/N-ethyl adjacent to an activating group) is 1. The van der Waals surface area contributed by atoms with Crippen LogP contribution in [0.25, 0.3) is 0 Å². The van der Waals surface area contributed by atoms with Crippen LogP contribution in [0.2, 0.25) is 0 Å². The van der Waals surface area contributed by atoms with Crippen LogP contribution in [-0.4, -0.2) is 38.9 Å². The summed E-state index contributed by atoms with van der Waals surface area (Å²) in [6, 6.07) is 2.62. The summed E-state index contributed by atoms with van der Waals surface area (Å²) in [5, 5.41) is 0. The summed E-state index contributed by atoms with van der Waals surface area (Å²) in [4.78, 5) is 13.5. The predicted molar refractivity (Wildman–Crippen MR) is 83.4 cm³/mol.